The number of nitrogens with zero attached hydrogens (tertiary/aromatic N) is 4. The van der Waals surface area contributed by atoms with Crippen LogP contribution in [0.1, 0.15) is 12.8 Å². The summed E-state index contributed by atoms with van der Waals surface area (Å²) in [5, 5.41) is 5.25. The number of anilines is 1. The molecule has 0 bridgehead atoms. The van der Waals surface area contributed by atoms with Gasteiger partial charge in [0.05, 0.1) is 5.39 Å². The first-order valence-corrected chi connectivity index (χ1v) is 6.13. The van der Waals surface area contributed by atoms with E-state index in [0.29, 0.717) is 0 Å². The van der Waals surface area contributed by atoms with Crippen molar-refractivity contribution < 1.29 is 0 Å². The molecular formula is C12H17N6. The Labute approximate surface area is 106 Å². The maximum Gasteiger partial charge on any atom is 0.155 e. The van der Waals surface area contributed by atoms with Gasteiger partial charge in [-0.05, 0) is 18.9 Å². The van der Waals surface area contributed by atoms with Gasteiger partial charge in [0.25, 0.3) is 0 Å². The van der Waals surface area contributed by atoms with Gasteiger partial charge in [-0.15, -0.1) is 0 Å². The van der Waals surface area contributed by atoms with E-state index >= 15 is 0 Å². The van der Waals surface area contributed by atoms with Gasteiger partial charge in [0.15, 0.2) is 5.82 Å². The third-order valence-corrected chi connectivity index (χ3v) is 3.37. The molecule has 6 heteroatoms. The number of H-pyrrole nitrogens is 1. The molecule has 0 aliphatic carbocycles. The van der Waals surface area contributed by atoms with E-state index in [4.69, 9.17) is 5.73 Å². The Morgan fingerprint density at radius 3 is 3.17 bits per heavy atom. The number of rotatable bonds is 2. The van der Waals surface area contributed by atoms with E-state index in [2.05, 4.69) is 31.5 Å². The third-order valence-electron chi connectivity index (χ3n) is 3.37. The SMILES string of the molecule is CN(c1ncnc2[nH]ccc12)N1[CH]CC(N)CC1. The summed E-state index contributed by atoms with van der Waals surface area (Å²) < 4.78 is 0. The van der Waals surface area contributed by atoms with Crippen LogP contribution in [0.2, 0.25) is 0 Å². The van der Waals surface area contributed by atoms with E-state index in [-0.39, 0.29) is 6.04 Å². The number of nitrogens with one attached hydrogen (secondary N) is 1. The van der Waals surface area contributed by atoms with Crippen molar-refractivity contribution in [3.63, 3.8) is 0 Å². The van der Waals surface area contributed by atoms with Gasteiger partial charge in [-0.2, -0.15) is 0 Å². The van der Waals surface area contributed by atoms with Gasteiger partial charge in [-0.25, -0.2) is 15.0 Å². The van der Waals surface area contributed by atoms with Crippen LogP contribution in [0.3, 0.4) is 0 Å². The summed E-state index contributed by atoms with van der Waals surface area (Å²) in [6.45, 7) is 3.06. The van der Waals surface area contributed by atoms with Crippen LogP contribution in [0, 0.1) is 6.54 Å². The first-order valence-electron chi connectivity index (χ1n) is 6.13. The van der Waals surface area contributed by atoms with Crippen molar-refractivity contribution >= 4 is 16.9 Å². The van der Waals surface area contributed by atoms with Crippen LogP contribution < -0.4 is 10.7 Å². The minimum atomic E-state index is 0.285. The largest absolute Gasteiger partial charge is 0.346 e. The lowest BCUT2D eigenvalue weighted by Crippen LogP contribution is -2.45. The molecule has 0 spiro atoms. The molecule has 95 valence electrons. The number of fused-ring (bicyclic) bond motifs is 1. The fraction of sp³-hybridized carbons (Fsp3) is 0.417. The number of aromatic amines is 1. The van der Waals surface area contributed by atoms with Crippen LogP contribution in [-0.2, 0) is 0 Å². The zero-order valence-corrected chi connectivity index (χ0v) is 10.4. The van der Waals surface area contributed by atoms with Crippen LogP contribution in [-0.4, -0.2) is 39.6 Å². The average molecular weight is 245 g/mol. The van der Waals surface area contributed by atoms with Gasteiger partial charge >= 0.3 is 0 Å². The summed E-state index contributed by atoms with van der Waals surface area (Å²) in [7, 11) is 2.02. The van der Waals surface area contributed by atoms with Gasteiger partial charge < -0.3 is 10.7 Å². The van der Waals surface area contributed by atoms with E-state index in [1.54, 1.807) is 6.33 Å². The summed E-state index contributed by atoms with van der Waals surface area (Å²) in [5.74, 6) is 0.910. The van der Waals surface area contributed by atoms with Crippen LogP contribution in [0.4, 0.5) is 5.82 Å². The molecule has 1 aliphatic heterocycles. The Morgan fingerprint density at radius 1 is 1.50 bits per heavy atom. The fourth-order valence-corrected chi connectivity index (χ4v) is 2.28. The molecule has 3 rings (SSSR count). The van der Waals surface area contributed by atoms with E-state index < -0.39 is 0 Å². The summed E-state index contributed by atoms with van der Waals surface area (Å²) >= 11 is 0. The quantitative estimate of drug-likeness (QED) is 0.822. The number of aromatic nitrogens is 3. The standard InChI is InChI=1S/C12H17N6/c1-17(18-6-3-9(13)4-7-18)12-10-2-5-14-11(10)15-8-16-12/h2,5-6,8-9H,3-4,7,13H2,1H3,(H,14,15,16). The van der Waals surface area contributed by atoms with Crippen LogP contribution in [0.15, 0.2) is 18.6 Å². The highest BCUT2D eigenvalue weighted by molar-refractivity contribution is 5.86. The second-order valence-corrected chi connectivity index (χ2v) is 4.59. The van der Waals surface area contributed by atoms with Crippen LogP contribution >= 0.6 is 0 Å². The predicted octanol–water partition coefficient (Wildman–Crippen LogP) is 0.894. The van der Waals surface area contributed by atoms with Crippen molar-refractivity contribution in [1.82, 2.24) is 20.0 Å². The van der Waals surface area contributed by atoms with E-state index in [9.17, 15) is 0 Å². The first-order chi connectivity index (χ1) is 8.75. The smallest absolute Gasteiger partial charge is 0.155 e. The summed E-state index contributed by atoms with van der Waals surface area (Å²) in [5.41, 5.74) is 6.76. The number of nitrogens with two attached hydrogens (primary N) is 1. The Hall–Kier alpha value is -1.66. The zero-order valence-electron chi connectivity index (χ0n) is 10.4. The molecule has 1 aliphatic rings. The lowest BCUT2D eigenvalue weighted by Gasteiger charge is -2.37. The maximum atomic E-state index is 5.90. The topological polar surface area (TPSA) is 74.1 Å². The molecule has 18 heavy (non-hydrogen) atoms. The Kier molecular flexibility index (Phi) is 2.89. The molecule has 1 fully saturated rings. The fourth-order valence-electron chi connectivity index (χ4n) is 2.28. The van der Waals surface area contributed by atoms with Crippen molar-refractivity contribution in [2.24, 2.45) is 5.73 Å². The minimum Gasteiger partial charge on any atom is -0.346 e. The average Bonchev–Trinajstić information content (AvgIpc) is 2.87. The number of piperidine rings is 1. The number of hydrogen-bond donors (Lipinski definition) is 2. The van der Waals surface area contributed by atoms with Crippen molar-refractivity contribution in [3.8, 4) is 0 Å². The van der Waals surface area contributed by atoms with Crippen molar-refractivity contribution in [2.75, 3.05) is 18.6 Å². The van der Waals surface area contributed by atoms with E-state index in [1.165, 1.54) is 0 Å². The number of hydrazine groups is 1. The van der Waals surface area contributed by atoms with Crippen LogP contribution in [0.25, 0.3) is 11.0 Å². The maximum absolute atomic E-state index is 5.90. The molecule has 1 atom stereocenters. The molecule has 0 amide bonds. The molecule has 1 saturated heterocycles. The Balaban J connectivity index is 1.87. The Morgan fingerprint density at radius 2 is 2.39 bits per heavy atom. The van der Waals surface area contributed by atoms with Crippen molar-refractivity contribution in [1.29, 1.82) is 0 Å². The molecule has 0 aromatic carbocycles. The molecule has 2 aromatic heterocycles. The second-order valence-electron chi connectivity index (χ2n) is 4.59. The molecule has 3 N–H and O–H groups in total. The lowest BCUT2D eigenvalue weighted by molar-refractivity contribution is 0.255. The number of hydrogen-bond acceptors (Lipinski definition) is 5. The van der Waals surface area contributed by atoms with Crippen molar-refractivity contribution in [2.45, 2.75) is 18.9 Å². The summed E-state index contributed by atoms with van der Waals surface area (Å²) in [4.78, 5) is 11.7. The minimum absolute atomic E-state index is 0.285. The highest BCUT2D eigenvalue weighted by Crippen LogP contribution is 2.24. The first kappa shape index (κ1) is 11.4. The second kappa shape index (κ2) is 4.55. The van der Waals surface area contributed by atoms with Gasteiger partial charge in [0, 0.05) is 32.4 Å². The monoisotopic (exact) mass is 245 g/mol. The Bertz CT molecular complexity index is 528. The molecule has 2 aromatic rings. The molecule has 1 unspecified atom stereocenters. The summed E-state index contributed by atoms with van der Waals surface area (Å²) in [6.07, 6.45) is 5.38. The predicted molar refractivity (Wildman–Crippen MR) is 70.5 cm³/mol. The molecular weight excluding hydrogens is 228 g/mol. The lowest BCUT2D eigenvalue weighted by atomic mass is 10.1. The molecule has 1 radical (unpaired) electrons. The van der Waals surface area contributed by atoms with E-state index in [1.807, 2.05) is 19.3 Å². The van der Waals surface area contributed by atoms with E-state index in [0.717, 1.165) is 36.2 Å². The van der Waals surface area contributed by atoms with Crippen molar-refractivity contribution in [3.05, 3.63) is 25.1 Å². The van der Waals surface area contributed by atoms with Gasteiger partial charge in [0.1, 0.15) is 12.0 Å². The molecule has 0 saturated carbocycles. The molecule has 6 nitrogen and oxygen atoms in total. The van der Waals surface area contributed by atoms with Crippen LogP contribution in [0.5, 0.6) is 0 Å². The molecule has 3 heterocycles. The normalized spacial score (nSPS) is 18.3. The highest BCUT2D eigenvalue weighted by atomic mass is 15.6. The third kappa shape index (κ3) is 1.93. The van der Waals surface area contributed by atoms with Gasteiger partial charge in [-0.1, -0.05) is 0 Å². The highest BCUT2D eigenvalue weighted by Gasteiger charge is 2.22. The summed E-state index contributed by atoms with van der Waals surface area (Å²) in [6, 6.07) is 2.28. The zero-order chi connectivity index (χ0) is 12.5. The van der Waals surface area contributed by atoms with Gasteiger partial charge in [-0.3, -0.25) is 5.01 Å². The van der Waals surface area contributed by atoms with Gasteiger partial charge in [0.2, 0.25) is 0 Å².